The number of anilines is 1. The van der Waals surface area contributed by atoms with Gasteiger partial charge in [0.1, 0.15) is 6.04 Å². The zero-order chi connectivity index (χ0) is 22.0. The van der Waals surface area contributed by atoms with E-state index in [1.165, 1.54) is 16.4 Å². The Morgan fingerprint density at radius 3 is 2.45 bits per heavy atom. The molecule has 1 saturated heterocycles. The van der Waals surface area contributed by atoms with Crippen molar-refractivity contribution >= 4 is 38.1 Å². The number of nitrogens with one attached hydrogen (secondary N) is 1. The van der Waals surface area contributed by atoms with Crippen LogP contribution >= 0.6 is 0 Å². The Bertz CT molecular complexity index is 1240. The minimum atomic E-state index is -3.98. The Morgan fingerprint density at radius 1 is 1.00 bits per heavy atom. The van der Waals surface area contributed by atoms with Crippen molar-refractivity contribution in [1.82, 2.24) is 4.31 Å². The van der Waals surface area contributed by atoms with E-state index in [1.54, 1.807) is 6.07 Å². The maximum Gasteiger partial charge on any atom is 0.269 e. The van der Waals surface area contributed by atoms with Crippen LogP contribution in [0.4, 0.5) is 11.4 Å². The van der Waals surface area contributed by atoms with Crippen LogP contribution in [0.3, 0.4) is 0 Å². The van der Waals surface area contributed by atoms with Gasteiger partial charge in [-0.05, 0) is 36.4 Å². The monoisotopic (exact) mass is 439 g/mol. The summed E-state index contributed by atoms with van der Waals surface area (Å²) >= 11 is 0. The standard InChI is InChI=1S/C22H21N3O5S/c26-22(23-20-9-5-7-16-6-1-2-8-19(16)20)21-10-3-4-15-24(21)31(29,30)18-13-11-17(12-14-18)25(27)28/h1-2,5-9,11-14,21H,3-4,10,15H2,(H,23,26). The van der Waals surface area contributed by atoms with Gasteiger partial charge in [0.25, 0.3) is 5.69 Å². The summed E-state index contributed by atoms with van der Waals surface area (Å²) < 4.78 is 27.7. The van der Waals surface area contributed by atoms with Gasteiger partial charge in [0.2, 0.25) is 15.9 Å². The summed E-state index contributed by atoms with van der Waals surface area (Å²) in [7, 11) is -3.98. The molecule has 1 unspecified atom stereocenters. The minimum Gasteiger partial charge on any atom is -0.324 e. The summed E-state index contributed by atoms with van der Waals surface area (Å²) in [6, 6.07) is 17.1. The smallest absolute Gasteiger partial charge is 0.269 e. The third-order valence-electron chi connectivity index (χ3n) is 5.46. The van der Waals surface area contributed by atoms with Gasteiger partial charge >= 0.3 is 0 Å². The van der Waals surface area contributed by atoms with Crippen molar-refractivity contribution in [2.75, 3.05) is 11.9 Å². The van der Waals surface area contributed by atoms with Crippen molar-refractivity contribution in [3.05, 3.63) is 76.8 Å². The Labute approximate surface area is 179 Å². The molecule has 0 radical (unpaired) electrons. The number of hydrogen-bond acceptors (Lipinski definition) is 5. The second kappa shape index (κ2) is 8.44. The second-order valence-electron chi connectivity index (χ2n) is 7.39. The molecule has 9 heteroatoms. The molecule has 1 aliphatic heterocycles. The van der Waals surface area contributed by atoms with Gasteiger partial charge in [-0.2, -0.15) is 4.31 Å². The van der Waals surface area contributed by atoms with Crippen LogP contribution in [0.5, 0.6) is 0 Å². The topological polar surface area (TPSA) is 110 Å². The fourth-order valence-electron chi connectivity index (χ4n) is 3.88. The number of non-ortho nitro benzene ring substituents is 1. The lowest BCUT2D eigenvalue weighted by Crippen LogP contribution is -2.49. The molecule has 160 valence electrons. The highest BCUT2D eigenvalue weighted by molar-refractivity contribution is 7.89. The molecule has 1 amide bonds. The molecule has 0 aromatic heterocycles. The van der Waals surface area contributed by atoms with Gasteiger partial charge < -0.3 is 5.32 Å². The van der Waals surface area contributed by atoms with Gasteiger partial charge in [-0.3, -0.25) is 14.9 Å². The van der Waals surface area contributed by atoms with Crippen LogP contribution in [0, 0.1) is 10.1 Å². The van der Waals surface area contributed by atoms with Gasteiger partial charge in [0.05, 0.1) is 9.82 Å². The quantitative estimate of drug-likeness (QED) is 0.478. The predicted octanol–water partition coefficient (Wildman–Crippen LogP) is 3.93. The summed E-state index contributed by atoms with van der Waals surface area (Å²) in [4.78, 5) is 23.3. The third-order valence-corrected chi connectivity index (χ3v) is 7.38. The molecule has 1 heterocycles. The number of piperidine rings is 1. The van der Waals surface area contributed by atoms with E-state index in [4.69, 9.17) is 0 Å². The van der Waals surface area contributed by atoms with E-state index in [2.05, 4.69) is 5.32 Å². The van der Waals surface area contributed by atoms with Crippen molar-refractivity contribution in [2.24, 2.45) is 0 Å². The zero-order valence-corrected chi connectivity index (χ0v) is 17.4. The predicted molar refractivity (Wildman–Crippen MR) is 117 cm³/mol. The number of rotatable bonds is 5. The number of carbonyl (C=O) groups excluding carboxylic acids is 1. The Morgan fingerprint density at radius 2 is 1.71 bits per heavy atom. The second-order valence-corrected chi connectivity index (χ2v) is 9.28. The fourth-order valence-corrected chi connectivity index (χ4v) is 5.54. The first-order valence-electron chi connectivity index (χ1n) is 9.93. The lowest BCUT2D eigenvalue weighted by atomic mass is 10.0. The number of nitro groups is 1. The molecular formula is C22H21N3O5S. The van der Waals surface area contributed by atoms with Crippen LogP contribution < -0.4 is 5.32 Å². The highest BCUT2D eigenvalue weighted by Gasteiger charge is 2.37. The fraction of sp³-hybridized carbons (Fsp3) is 0.227. The molecule has 0 saturated carbocycles. The average molecular weight is 439 g/mol. The van der Waals surface area contributed by atoms with Crippen LogP contribution in [0.2, 0.25) is 0 Å². The van der Waals surface area contributed by atoms with Crippen molar-refractivity contribution in [1.29, 1.82) is 0 Å². The molecule has 0 bridgehead atoms. The number of benzene rings is 3. The van der Waals surface area contributed by atoms with E-state index in [9.17, 15) is 23.3 Å². The SMILES string of the molecule is O=C(Nc1cccc2ccccc12)C1CCCCN1S(=O)(=O)c1ccc([N+](=O)[O-])cc1. The Balaban J connectivity index is 1.62. The normalized spacial score (nSPS) is 17.4. The molecule has 0 spiro atoms. The van der Waals surface area contributed by atoms with Crippen molar-refractivity contribution in [3.63, 3.8) is 0 Å². The van der Waals surface area contributed by atoms with E-state index < -0.39 is 21.0 Å². The van der Waals surface area contributed by atoms with Gasteiger partial charge in [-0.15, -0.1) is 0 Å². The van der Waals surface area contributed by atoms with Crippen LogP contribution in [-0.4, -0.2) is 36.1 Å². The lowest BCUT2D eigenvalue weighted by molar-refractivity contribution is -0.384. The van der Waals surface area contributed by atoms with Crippen LogP contribution in [0.15, 0.2) is 71.6 Å². The first-order chi connectivity index (χ1) is 14.9. The summed E-state index contributed by atoms with van der Waals surface area (Å²) in [5.41, 5.74) is 0.434. The van der Waals surface area contributed by atoms with E-state index in [-0.39, 0.29) is 23.0 Å². The van der Waals surface area contributed by atoms with Crippen LogP contribution in [-0.2, 0) is 14.8 Å². The van der Waals surface area contributed by atoms with Crippen LogP contribution in [0.1, 0.15) is 19.3 Å². The third kappa shape index (κ3) is 4.14. The average Bonchev–Trinajstić information content (AvgIpc) is 2.79. The molecule has 1 aliphatic rings. The number of carbonyl (C=O) groups is 1. The molecule has 1 N–H and O–H groups in total. The maximum atomic E-state index is 13.2. The largest absolute Gasteiger partial charge is 0.324 e. The molecule has 1 fully saturated rings. The van der Waals surface area contributed by atoms with E-state index in [1.807, 2.05) is 36.4 Å². The van der Waals surface area contributed by atoms with Gasteiger partial charge in [-0.1, -0.05) is 42.8 Å². The summed E-state index contributed by atoms with van der Waals surface area (Å²) in [6.45, 7) is 0.215. The van der Waals surface area contributed by atoms with E-state index in [0.29, 0.717) is 18.5 Å². The first-order valence-corrected chi connectivity index (χ1v) is 11.4. The number of sulfonamides is 1. The highest BCUT2D eigenvalue weighted by Crippen LogP contribution is 2.29. The number of nitro benzene ring substituents is 1. The van der Waals surface area contributed by atoms with Crippen LogP contribution in [0.25, 0.3) is 10.8 Å². The molecule has 31 heavy (non-hydrogen) atoms. The maximum absolute atomic E-state index is 13.2. The highest BCUT2D eigenvalue weighted by atomic mass is 32.2. The molecular weight excluding hydrogens is 418 g/mol. The number of fused-ring (bicyclic) bond motifs is 1. The Hall–Kier alpha value is -3.30. The van der Waals surface area contributed by atoms with Gasteiger partial charge in [-0.25, -0.2) is 8.42 Å². The molecule has 3 aromatic carbocycles. The van der Waals surface area contributed by atoms with E-state index >= 15 is 0 Å². The molecule has 4 rings (SSSR count). The van der Waals surface area contributed by atoms with Crippen molar-refractivity contribution in [2.45, 2.75) is 30.2 Å². The molecule has 3 aromatic rings. The number of amides is 1. The summed E-state index contributed by atoms with van der Waals surface area (Å²) in [5, 5.41) is 15.6. The van der Waals surface area contributed by atoms with Gasteiger partial charge in [0, 0.05) is 29.8 Å². The van der Waals surface area contributed by atoms with Crippen molar-refractivity contribution in [3.8, 4) is 0 Å². The Kier molecular flexibility index (Phi) is 5.71. The summed E-state index contributed by atoms with van der Waals surface area (Å²) in [6.07, 6.45) is 1.78. The molecule has 1 atom stereocenters. The van der Waals surface area contributed by atoms with Crippen molar-refractivity contribution < 1.29 is 18.1 Å². The number of hydrogen-bond donors (Lipinski definition) is 1. The lowest BCUT2D eigenvalue weighted by Gasteiger charge is -2.33. The minimum absolute atomic E-state index is 0.0667. The molecule has 8 nitrogen and oxygen atoms in total. The first kappa shape index (κ1) is 21.0. The summed E-state index contributed by atoms with van der Waals surface area (Å²) in [5.74, 6) is -0.387. The molecule has 0 aliphatic carbocycles. The van der Waals surface area contributed by atoms with Gasteiger partial charge in [0.15, 0.2) is 0 Å². The zero-order valence-electron chi connectivity index (χ0n) is 16.6. The van der Waals surface area contributed by atoms with E-state index in [0.717, 1.165) is 29.3 Å². The number of nitrogens with zero attached hydrogens (tertiary/aromatic N) is 2.